The third kappa shape index (κ3) is 5.37. The molecule has 1 aliphatic heterocycles. The van der Waals surface area contributed by atoms with Gasteiger partial charge in [0.2, 0.25) is 0 Å². The van der Waals surface area contributed by atoms with Crippen LogP contribution in [0.5, 0.6) is 0 Å². The van der Waals surface area contributed by atoms with Crippen molar-refractivity contribution in [1.82, 2.24) is 14.8 Å². The Hall–Kier alpha value is -4.21. The molecule has 10 heteroatoms. The standard InChI is InChI=1S/C26H23F3N4O3/c1-17-3-2-4-21(22(17)31-23(34)18-9-11-30-12-10-18)25(36)33-15-13-32(14-16-33)24(35)19-5-7-20(8-6-19)26(27,28)29/h2-12H,13-16H2,1H3,(H,31,34). The molecule has 3 amide bonds. The van der Waals surface area contributed by atoms with Crippen molar-refractivity contribution in [3.8, 4) is 0 Å². The van der Waals surface area contributed by atoms with E-state index in [2.05, 4.69) is 10.3 Å². The topological polar surface area (TPSA) is 82.6 Å². The molecule has 0 unspecified atom stereocenters. The average Bonchev–Trinajstić information content (AvgIpc) is 2.89. The van der Waals surface area contributed by atoms with Gasteiger partial charge in [-0.25, -0.2) is 0 Å². The molecule has 3 aromatic rings. The molecule has 1 aliphatic rings. The molecule has 0 atom stereocenters. The summed E-state index contributed by atoms with van der Waals surface area (Å²) in [6.45, 7) is 2.75. The second-order valence-electron chi connectivity index (χ2n) is 8.35. The Bertz CT molecular complexity index is 1270. The first kappa shape index (κ1) is 24.9. The van der Waals surface area contributed by atoms with Crippen LogP contribution in [0.25, 0.3) is 0 Å². The summed E-state index contributed by atoms with van der Waals surface area (Å²) < 4.78 is 38.4. The first-order chi connectivity index (χ1) is 17.1. The smallest absolute Gasteiger partial charge is 0.335 e. The predicted molar refractivity (Wildman–Crippen MR) is 127 cm³/mol. The van der Waals surface area contributed by atoms with Crippen LogP contribution in [0.4, 0.5) is 18.9 Å². The molecule has 0 aliphatic carbocycles. The molecular formula is C26H23F3N4O3. The minimum absolute atomic E-state index is 0.155. The van der Waals surface area contributed by atoms with Crippen molar-refractivity contribution in [1.29, 1.82) is 0 Å². The van der Waals surface area contributed by atoms with E-state index in [9.17, 15) is 27.6 Å². The van der Waals surface area contributed by atoms with Gasteiger partial charge in [0.05, 0.1) is 16.8 Å². The third-order valence-electron chi connectivity index (χ3n) is 6.00. The van der Waals surface area contributed by atoms with Crippen molar-refractivity contribution >= 4 is 23.4 Å². The van der Waals surface area contributed by atoms with Crippen LogP contribution in [0.2, 0.25) is 0 Å². The lowest BCUT2D eigenvalue weighted by Gasteiger charge is -2.35. The number of anilines is 1. The maximum absolute atomic E-state index is 13.3. The average molecular weight is 496 g/mol. The number of aromatic nitrogens is 1. The Morgan fingerprint density at radius 1 is 0.806 bits per heavy atom. The maximum Gasteiger partial charge on any atom is 0.416 e. The highest BCUT2D eigenvalue weighted by Gasteiger charge is 2.31. The van der Waals surface area contributed by atoms with Crippen LogP contribution in [-0.2, 0) is 6.18 Å². The highest BCUT2D eigenvalue weighted by molar-refractivity contribution is 6.09. The second-order valence-corrected chi connectivity index (χ2v) is 8.35. The van der Waals surface area contributed by atoms with E-state index in [1.54, 1.807) is 42.2 Å². The minimum atomic E-state index is -4.47. The van der Waals surface area contributed by atoms with Gasteiger partial charge in [-0.15, -0.1) is 0 Å². The lowest BCUT2D eigenvalue weighted by molar-refractivity contribution is -0.137. The predicted octanol–water partition coefficient (Wildman–Crippen LogP) is 4.26. The number of nitrogens with zero attached hydrogens (tertiary/aromatic N) is 3. The quantitative estimate of drug-likeness (QED) is 0.585. The van der Waals surface area contributed by atoms with Crippen molar-refractivity contribution in [3.05, 3.63) is 94.8 Å². The molecule has 2 heterocycles. The first-order valence-electron chi connectivity index (χ1n) is 11.2. The monoisotopic (exact) mass is 496 g/mol. The summed E-state index contributed by atoms with van der Waals surface area (Å²) in [5.41, 5.74) is 1.20. The zero-order chi connectivity index (χ0) is 25.9. The summed E-state index contributed by atoms with van der Waals surface area (Å²) in [5, 5.41) is 2.82. The number of halogens is 3. The Balaban J connectivity index is 1.43. The fraction of sp³-hybridized carbons (Fsp3) is 0.231. The normalized spacial score (nSPS) is 13.9. The van der Waals surface area contributed by atoms with Crippen LogP contribution >= 0.6 is 0 Å². The fourth-order valence-corrected chi connectivity index (χ4v) is 3.97. The summed E-state index contributed by atoms with van der Waals surface area (Å²) in [4.78, 5) is 45.7. The SMILES string of the molecule is Cc1cccc(C(=O)N2CCN(C(=O)c3ccc(C(F)(F)F)cc3)CC2)c1NC(=O)c1ccncc1. The number of para-hydroxylation sites is 1. The molecule has 36 heavy (non-hydrogen) atoms. The van der Waals surface area contributed by atoms with E-state index in [1.807, 2.05) is 0 Å². The van der Waals surface area contributed by atoms with Gasteiger partial charge in [-0.1, -0.05) is 12.1 Å². The summed E-state index contributed by atoms with van der Waals surface area (Å²) in [6.07, 6.45) is -1.46. The van der Waals surface area contributed by atoms with Gasteiger partial charge in [0.1, 0.15) is 0 Å². The Labute approximate surface area is 205 Å². The molecule has 1 N–H and O–H groups in total. The molecule has 4 rings (SSSR count). The number of benzene rings is 2. The number of carbonyl (C=O) groups excluding carboxylic acids is 3. The molecule has 1 aromatic heterocycles. The van der Waals surface area contributed by atoms with Gasteiger partial charge < -0.3 is 15.1 Å². The van der Waals surface area contributed by atoms with E-state index in [0.717, 1.165) is 29.8 Å². The molecule has 1 fully saturated rings. The highest BCUT2D eigenvalue weighted by atomic mass is 19.4. The molecule has 0 spiro atoms. The molecular weight excluding hydrogens is 473 g/mol. The first-order valence-corrected chi connectivity index (χ1v) is 11.2. The molecule has 7 nitrogen and oxygen atoms in total. The number of amides is 3. The summed E-state index contributed by atoms with van der Waals surface area (Å²) in [7, 11) is 0. The van der Waals surface area contributed by atoms with Gasteiger partial charge in [0, 0.05) is 49.7 Å². The van der Waals surface area contributed by atoms with Crippen molar-refractivity contribution in [2.24, 2.45) is 0 Å². The van der Waals surface area contributed by atoms with Crippen LogP contribution in [0.1, 0.15) is 42.2 Å². The Morgan fingerprint density at radius 2 is 1.39 bits per heavy atom. The van der Waals surface area contributed by atoms with Gasteiger partial charge in [0.15, 0.2) is 0 Å². The zero-order valence-electron chi connectivity index (χ0n) is 19.4. The number of alkyl halides is 3. The number of carbonyl (C=O) groups is 3. The molecule has 186 valence electrons. The number of hydrogen-bond acceptors (Lipinski definition) is 4. The largest absolute Gasteiger partial charge is 0.416 e. The van der Waals surface area contributed by atoms with Gasteiger partial charge in [-0.2, -0.15) is 13.2 Å². The molecule has 0 bridgehead atoms. The van der Waals surface area contributed by atoms with Gasteiger partial charge >= 0.3 is 6.18 Å². The lowest BCUT2D eigenvalue weighted by Crippen LogP contribution is -2.50. The number of piperazine rings is 1. The number of nitrogens with one attached hydrogen (secondary N) is 1. The van der Waals surface area contributed by atoms with E-state index in [1.165, 1.54) is 17.3 Å². The Morgan fingerprint density at radius 3 is 1.97 bits per heavy atom. The fourth-order valence-electron chi connectivity index (χ4n) is 3.97. The number of rotatable bonds is 4. The van der Waals surface area contributed by atoms with E-state index < -0.39 is 17.6 Å². The molecule has 2 aromatic carbocycles. The van der Waals surface area contributed by atoms with Crippen LogP contribution in [-0.4, -0.2) is 58.7 Å². The van der Waals surface area contributed by atoms with E-state index in [0.29, 0.717) is 16.8 Å². The summed E-state index contributed by atoms with van der Waals surface area (Å²) >= 11 is 0. The molecule has 0 radical (unpaired) electrons. The van der Waals surface area contributed by atoms with Gasteiger partial charge in [-0.05, 0) is 55.0 Å². The number of aryl methyl sites for hydroxylation is 1. The zero-order valence-corrected chi connectivity index (χ0v) is 19.4. The number of pyridine rings is 1. The van der Waals surface area contributed by atoms with Gasteiger partial charge in [0.25, 0.3) is 17.7 Å². The van der Waals surface area contributed by atoms with Crippen LogP contribution in [0.3, 0.4) is 0 Å². The van der Waals surface area contributed by atoms with Gasteiger partial charge in [-0.3, -0.25) is 19.4 Å². The van der Waals surface area contributed by atoms with E-state index >= 15 is 0 Å². The highest BCUT2D eigenvalue weighted by Crippen LogP contribution is 2.29. The second kappa shape index (κ2) is 10.2. The van der Waals surface area contributed by atoms with Crippen LogP contribution < -0.4 is 5.32 Å². The molecule has 0 saturated carbocycles. The maximum atomic E-state index is 13.3. The Kier molecular flexibility index (Phi) is 7.05. The van der Waals surface area contributed by atoms with Crippen LogP contribution in [0.15, 0.2) is 67.0 Å². The third-order valence-corrected chi connectivity index (χ3v) is 6.00. The van der Waals surface area contributed by atoms with Crippen molar-refractivity contribution < 1.29 is 27.6 Å². The van der Waals surface area contributed by atoms with E-state index in [-0.39, 0.29) is 43.6 Å². The summed E-state index contributed by atoms with van der Waals surface area (Å²) in [6, 6.07) is 12.4. The molecule has 1 saturated heterocycles. The van der Waals surface area contributed by atoms with Crippen molar-refractivity contribution in [3.63, 3.8) is 0 Å². The van der Waals surface area contributed by atoms with Crippen molar-refractivity contribution in [2.45, 2.75) is 13.1 Å². The lowest BCUT2D eigenvalue weighted by atomic mass is 10.1. The minimum Gasteiger partial charge on any atom is -0.335 e. The van der Waals surface area contributed by atoms with Crippen molar-refractivity contribution in [2.75, 3.05) is 31.5 Å². The van der Waals surface area contributed by atoms with Crippen LogP contribution in [0, 0.1) is 6.92 Å². The number of hydrogen-bond donors (Lipinski definition) is 1. The summed E-state index contributed by atoms with van der Waals surface area (Å²) in [5.74, 6) is -1.05. The van der Waals surface area contributed by atoms with E-state index in [4.69, 9.17) is 0 Å².